The van der Waals surface area contributed by atoms with E-state index in [1.54, 1.807) is 10.9 Å². The molecule has 92 valence electrons. The summed E-state index contributed by atoms with van der Waals surface area (Å²) in [5.74, 6) is -0.201. The van der Waals surface area contributed by atoms with E-state index in [1.807, 2.05) is 6.07 Å². The molecule has 0 amide bonds. The number of carbonyl (C=O) groups is 1. The molecule has 8 nitrogen and oxygen atoms in total. The smallest absolute Gasteiger partial charge is 0.358 e. The second-order valence-electron chi connectivity index (χ2n) is 4.02. The number of hydrogen-bond donors (Lipinski definition) is 1. The number of aromatic nitrogens is 5. The predicted octanol–water partition coefficient (Wildman–Crippen LogP) is -0.172. The minimum Gasteiger partial charge on any atom is -0.476 e. The highest BCUT2D eigenvalue weighted by Crippen LogP contribution is 2.24. The maximum absolute atomic E-state index is 10.7. The molecule has 2 aromatic heterocycles. The summed E-state index contributed by atoms with van der Waals surface area (Å²) in [6.07, 6.45) is 4.64. The quantitative estimate of drug-likeness (QED) is 0.802. The first-order valence-electron chi connectivity index (χ1n) is 5.40. The van der Waals surface area contributed by atoms with Crippen LogP contribution in [0, 0.1) is 0 Å². The molecule has 3 rings (SSSR count). The van der Waals surface area contributed by atoms with Gasteiger partial charge in [-0.25, -0.2) is 19.4 Å². The summed E-state index contributed by atoms with van der Waals surface area (Å²) in [5.41, 5.74) is -0.0320. The van der Waals surface area contributed by atoms with E-state index in [9.17, 15) is 4.79 Å². The summed E-state index contributed by atoms with van der Waals surface area (Å²) in [6, 6.07) is 1.97. The van der Waals surface area contributed by atoms with Crippen LogP contribution in [0.25, 0.3) is 0 Å². The van der Waals surface area contributed by atoms with Gasteiger partial charge >= 0.3 is 5.97 Å². The molecule has 0 spiro atoms. The first kappa shape index (κ1) is 10.6. The average Bonchev–Trinajstić information content (AvgIpc) is 2.78. The molecule has 2 aromatic rings. The van der Waals surface area contributed by atoms with Gasteiger partial charge < -0.3 is 10.0 Å². The van der Waals surface area contributed by atoms with Crippen molar-refractivity contribution in [3.05, 3.63) is 30.5 Å². The average molecular weight is 246 g/mol. The van der Waals surface area contributed by atoms with E-state index in [2.05, 4.69) is 25.2 Å². The normalized spacial score (nSPS) is 15.4. The Kier molecular flexibility index (Phi) is 2.40. The highest BCUT2D eigenvalue weighted by Gasteiger charge is 2.30. The Morgan fingerprint density at radius 2 is 2.28 bits per heavy atom. The molecular formula is C10H10N6O2. The van der Waals surface area contributed by atoms with Crippen LogP contribution in [0.2, 0.25) is 0 Å². The summed E-state index contributed by atoms with van der Waals surface area (Å²) in [6.45, 7) is 1.47. The van der Waals surface area contributed by atoms with Crippen molar-refractivity contribution in [3.8, 4) is 0 Å². The van der Waals surface area contributed by atoms with Gasteiger partial charge in [0.15, 0.2) is 5.69 Å². The molecule has 8 heteroatoms. The lowest BCUT2D eigenvalue weighted by molar-refractivity contribution is 0.0690. The Morgan fingerprint density at radius 1 is 1.44 bits per heavy atom. The van der Waals surface area contributed by atoms with Gasteiger partial charge in [-0.05, 0) is 6.07 Å². The van der Waals surface area contributed by atoms with Gasteiger partial charge in [-0.15, -0.1) is 5.10 Å². The van der Waals surface area contributed by atoms with Crippen LogP contribution in [0.4, 0.5) is 5.82 Å². The minimum atomic E-state index is -1.06. The van der Waals surface area contributed by atoms with Gasteiger partial charge in [0.2, 0.25) is 0 Å². The van der Waals surface area contributed by atoms with Crippen molar-refractivity contribution in [2.75, 3.05) is 18.0 Å². The maximum atomic E-state index is 10.7. The van der Waals surface area contributed by atoms with Crippen LogP contribution in [-0.2, 0) is 0 Å². The molecule has 0 saturated carbocycles. The van der Waals surface area contributed by atoms with Crippen molar-refractivity contribution in [1.29, 1.82) is 0 Å². The van der Waals surface area contributed by atoms with E-state index >= 15 is 0 Å². The van der Waals surface area contributed by atoms with Crippen LogP contribution < -0.4 is 4.90 Å². The third kappa shape index (κ3) is 1.77. The van der Waals surface area contributed by atoms with Crippen LogP contribution in [-0.4, -0.2) is 49.1 Å². The molecule has 0 unspecified atom stereocenters. The van der Waals surface area contributed by atoms with Crippen LogP contribution in [0.15, 0.2) is 24.8 Å². The number of rotatable bonds is 3. The van der Waals surface area contributed by atoms with Crippen molar-refractivity contribution in [3.63, 3.8) is 0 Å². The van der Waals surface area contributed by atoms with Crippen molar-refractivity contribution in [2.45, 2.75) is 6.04 Å². The Balaban J connectivity index is 1.66. The standard InChI is InChI=1S/C10H10N6O2/c17-10(18)8-5-16(14-13-8)7-3-15(4-7)9-1-2-11-6-12-9/h1-2,5-7H,3-4H2,(H,17,18). The summed E-state index contributed by atoms with van der Waals surface area (Å²) in [7, 11) is 0. The topological polar surface area (TPSA) is 97.0 Å². The molecule has 0 aliphatic carbocycles. The lowest BCUT2D eigenvalue weighted by Gasteiger charge is -2.39. The van der Waals surface area contributed by atoms with Gasteiger partial charge in [-0.3, -0.25) is 0 Å². The summed E-state index contributed by atoms with van der Waals surface area (Å²) < 4.78 is 1.58. The molecular weight excluding hydrogens is 236 g/mol. The Labute approximate surface area is 102 Å². The SMILES string of the molecule is O=C(O)c1cn(C2CN(c3ccncn3)C2)nn1. The molecule has 0 radical (unpaired) electrons. The maximum Gasteiger partial charge on any atom is 0.358 e. The van der Waals surface area contributed by atoms with E-state index < -0.39 is 5.97 Å². The van der Waals surface area contributed by atoms with Crippen molar-refractivity contribution in [1.82, 2.24) is 25.0 Å². The van der Waals surface area contributed by atoms with E-state index in [0.29, 0.717) is 0 Å². The van der Waals surface area contributed by atoms with Crippen molar-refractivity contribution >= 4 is 11.8 Å². The number of anilines is 1. The summed E-state index contributed by atoms with van der Waals surface area (Å²) >= 11 is 0. The van der Waals surface area contributed by atoms with Crippen molar-refractivity contribution in [2.24, 2.45) is 0 Å². The van der Waals surface area contributed by atoms with Gasteiger partial charge in [-0.2, -0.15) is 0 Å². The lowest BCUT2D eigenvalue weighted by Crippen LogP contribution is -2.48. The third-order valence-corrected chi connectivity index (χ3v) is 2.86. The van der Waals surface area contributed by atoms with E-state index in [4.69, 9.17) is 5.11 Å². The van der Waals surface area contributed by atoms with Gasteiger partial charge in [0.1, 0.15) is 12.1 Å². The second-order valence-corrected chi connectivity index (χ2v) is 4.02. The monoisotopic (exact) mass is 246 g/mol. The number of carboxylic acids is 1. The van der Waals surface area contributed by atoms with Crippen LogP contribution in [0.5, 0.6) is 0 Å². The van der Waals surface area contributed by atoms with Crippen LogP contribution in [0.3, 0.4) is 0 Å². The van der Waals surface area contributed by atoms with E-state index in [1.165, 1.54) is 12.5 Å². The molecule has 18 heavy (non-hydrogen) atoms. The fourth-order valence-electron chi connectivity index (χ4n) is 1.83. The fourth-order valence-corrected chi connectivity index (χ4v) is 1.83. The second kappa shape index (κ2) is 4.06. The molecule has 0 aromatic carbocycles. The predicted molar refractivity (Wildman–Crippen MR) is 60.3 cm³/mol. The first-order valence-corrected chi connectivity index (χ1v) is 5.40. The summed E-state index contributed by atoms with van der Waals surface area (Å²) in [5, 5.41) is 16.2. The van der Waals surface area contributed by atoms with Gasteiger partial charge in [-0.1, -0.05) is 5.21 Å². The largest absolute Gasteiger partial charge is 0.476 e. The molecule has 3 heterocycles. The van der Waals surface area contributed by atoms with E-state index in [0.717, 1.165) is 18.9 Å². The number of hydrogen-bond acceptors (Lipinski definition) is 6. The third-order valence-electron chi connectivity index (χ3n) is 2.86. The Morgan fingerprint density at radius 3 is 2.89 bits per heavy atom. The van der Waals surface area contributed by atoms with E-state index in [-0.39, 0.29) is 11.7 Å². The lowest BCUT2D eigenvalue weighted by atomic mass is 10.1. The van der Waals surface area contributed by atoms with Gasteiger partial charge in [0.05, 0.1) is 12.2 Å². The van der Waals surface area contributed by atoms with Crippen molar-refractivity contribution < 1.29 is 9.90 Å². The highest BCUT2D eigenvalue weighted by molar-refractivity contribution is 5.84. The molecule has 0 bridgehead atoms. The van der Waals surface area contributed by atoms with Crippen LogP contribution >= 0.6 is 0 Å². The van der Waals surface area contributed by atoms with Gasteiger partial charge in [0, 0.05) is 19.3 Å². The highest BCUT2D eigenvalue weighted by atomic mass is 16.4. The first-order chi connectivity index (χ1) is 8.74. The fraction of sp³-hybridized carbons (Fsp3) is 0.300. The minimum absolute atomic E-state index is 0.0320. The van der Waals surface area contributed by atoms with Crippen LogP contribution in [0.1, 0.15) is 16.5 Å². The molecule has 1 fully saturated rings. The van der Waals surface area contributed by atoms with Gasteiger partial charge in [0.25, 0.3) is 0 Å². The molecule has 1 N–H and O–H groups in total. The number of aromatic carboxylic acids is 1. The molecule has 0 atom stereocenters. The Hall–Kier alpha value is -2.51. The number of carboxylic acid groups (broad SMARTS) is 1. The zero-order valence-corrected chi connectivity index (χ0v) is 9.34. The number of nitrogens with zero attached hydrogens (tertiary/aromatic N) is 6. The zero-order chi connectivity index (χ0) is 12.5. The summed E-state index contributed by atoms with van der Waals surface area (Å²) in [4.78, 5) is 20.7. The molecule has 1 aliphatic heterocycles. The molecule has 1 aliphatic rings. The Bertz CT molecular complexity index is 563. The molecule has 1 saturated heterocycles. The zero-order valence-electron chi connectivity index (χ0n) is 9.34.